The highest BCUT2D eigenvalue weighted by Gasteiger charge is 2.40. The fourth-order valence-electron chi connectivity index (χ4n) is 4.14. The number of aliphatic hydroxyl groups is 1. The summed E-state index contributed by atoms with van der Waals surface area (Å²) in [6, 6.07) is 6.23. The molecule has 0 aliphatic carbocycles. The van der Waals surface area contributed by atoms with E-state index >= 15 is 0 Å². The zero-order valence-corrected chi connectivity index (χ0v) is 17.9. The SMILES string of the molecule is C=C(O)C1=CN2C(=CC1=C)c1c3cccc(OC(C)C)c3nn1CC2C(C)(C)C. The highest BCUT2D eigenvalue weighted by atomic mass is 16.5. The van der Waals surface area contributed by atoms with Crippen molar-refractivity contribution in [3.63, 3.8) is 0 Å². The molecule has 2 aromatic rings. The van der Waals surface area contributed by atoms with Crippen LogP contribution in [0.25, 0.3) is 16.6 Å². The molecule has 152 valence electrons. The number of ether oxygens (including phenoxy) is 1. The lowest BCUT2D eigenvalue weighted by molar-refractivity contribution is 0.156. The minimum atomic E-state index is -0.0107. The second-order valence-electron chi connectivity index (χ2n) is 9.18. The molecule has 4 rings (SSSR count). The molecule has 1 aromatic heterocycles. The minimum absolute atomic E-state index is 0.0107. The van der Waals surface area contributed by atoms with Crippen LogP contribution in [0, 0.1) is 5.41 Å². The van der Waals surface area contributed by atoms with Crippen molar-refractivity contribution >= 4 is 16.6 Å². The van der Waals surface area contributed by atoms with Gasteiger partial charge >= 0.3 is 0 Å². The lowest BCUT2D eigenvalue weighted by Gasteiger charge is -2.46. The van der Waals surface area contributed by atoms with Gasteiger partial charge in [0.1, 0.15) is 17.0 Å². The Morgan fingerprint density at radius 2 is 2.03 bits per heavy atom. The Morgan fingerprint density at radius 1 is 1.31 bits per heavy atom. The molecule has 29 heavy (non-hydrogen) atoms. The maximum absolute atomic E-state index is 10.1. The van der Waals surface area contributed by atoms with Crippen LogP contribution in [-0.2, 0) is 6.54 Å². The van der Waals surface area contributed by atoms with E-state index in [1.165, 1.54) is 0 Å². The molecular formula is C24H29N3O2. The molecule has 0 saturated carbocycles. The third kappa shape index (κ3) is 3.15. The van der Waals surface area contributed by atoms with Crippen LogP contribution >= 0.6 is 0 Å². The third-order valence-corrected chi connectivity index (χ3v) is 5.53. The fraction of sp³-hybridized carbons (Fsp3) is 0.375. The molecule has 1 atom stereocenters. The number of nitrogens with zero attached hydrogens (tertiary/aromatic N) is 3. The molecule has 0 fully saturated rings. The van der Waals surface area contributed by atoms with E-state index < -0.39 is 0 Å². The quantitative estimate of drug-likeness (QED) is 0.710. The number of allylic oxidation sites excluding steroid dienone is 2. The van der Waals surface area contributed by atoms with Gasteiger partial charge in [0.2, 0.25) is 0 Å². The van der Waals surface area contributed by atoms with E-state index in [0.717, 1.165) is 40.2 Å². The highest BCUT2D eigenvalue weighted by molar-refractivity contribution is 5.95. The average molecular weight is 392 g/mol. The van der Waals surface area contributed by atoms with E-state index in [9.17, 15) is 5.11 Å². The van der Waals surface area contributed by atoms with Crippen molar-refractivity contribution in [2.24, 2.45) is 5.41 Å². The summed E-state index contributed by atoms with van der Waals surface area (Å²) >= 11 is 0. The minimum Gasteiger partial charge on any atom is -0.508 e. The van der Waals surface area contributed by atoms with Crippen molar-refractivity contribution in [3.05, 3.63) is 66.2 Å². The van der Waals surface area contributed by atoms with Gasteiger partial charge in [-0.3, -0.25) is 4.68 Å². The largest absolute Gasteiger partial charge is 0.508 e. The predicted octanol–water partition coefficient (Wildman–Crippen LogP) is 5.42. The van der Waals surface area contributed by atoms with Crippen LogP contribution in [0.3, 0.4) is 0 Å². The lowest BCUT2D eigenvalue weighted by Crippen LogP contribution is -2.47. The Kier molecular flexibility index (Phi) is 4.37. The van der Waals surface area contributed by atoms with Crippen LogP contribution in [0.5, 0.6) is 5.75 Å². The van der Waals surface area contributed by atoms with Crippen molar-refractivity contribution in [1.29, 1.82) is 0 Å². The molecule has 0 bridgehead atoms. The van der Waals surface area contributed by atoms with Crippen molar-refractivity contribution in [1.82, 2.24) is 14.7 Å². The van der Waals surface area contributed by atoms with Crippen molar-refractivity contribution < 1.29 is 9.84 Å². The number of hydrogen-bond donors (Lipinski definition) is 1. The van der Waals surface area contributed by atoms with E-state index in [4.69, 9.17) is 9.84 Å². The maximum Gasteiger partial charge on any atom is 0.147 e. The molecular weight excluding hydrogens is 362 g/mol. The van der Waals surface area contributed by atoms with E-state index in [1.807, 2.05) is 38.3 Å². The zero-order valence-electron chi connectivity index (χ0n) is 17.9. The Morgan fingerprint density at radius 3 is 2.66 bits per heavy atom. The molecule has 3 heterocycles. The Labute approximate surface area is 172 Å². The first-order valence-electron chi connectivity index (χ1n) is 10.0. The third-order valence-electron chi connectivity index (χ3n) is 5.53. The summed E-state index contributed by atoms with van der Waals surface area (Å²) in [7, 11) is 0. The second-order valence-corrected chi connectivity index (χ2v) is 9.18. The van der Waals surface area contributed by atoms with E-state index in [0.29, 0.717) is 5.57 Å². The Hall–Kier alpha value is -2.95. The summed E-state index contributed by atoms with van der Waals surface area (Å²) in [5.74, 6) is 0.836. The predicted molar refractivity (Wildman–Crippen MR) is 118 cm³/mol. The monoisotopic (exact) mass is 391 g/mol. The normalized spacial score (nSPS) is 19.0. The first-order valence-corrected chi connectivity index (χ1v) is 10.0. The smallest absolute Gasteiger partial charge is 0.147 e. The Balaban J connectivity index is 1.95. The summed E-state index contributed by atoms with van der Waals surface area (Å²) in [4.78, 5) is 2.25. The van der Waals surface area contributed by atoms with Gasteiger partial charge in [-0.1, -0.05) is 46.1 Å². The molecule has 0 saturated heterocycles. The molecule has 2 aliphatic rings. The van der Waals surface area contributed by atoms with Crippen LogP contribution in [0.2, 0.25) is 0 Å². The molecule has 2 aliphatic heterocycles. The van der Waals surface area contributed by atoms with Crippen LogP contribution < -0.4 is 4.74 Å². The summed E-state index contributed by atoms with van der Waals surface area (Å²) in [6.45, 7) is 19.3. The molecule has 1 unspecified atom stereocenters. The van der Waals surface area contributed by atoms with Gasteiger partial charge in [-0.25, -0.2) is 0 Å². The molecule has 0 radical (unpaired) electrons. The van der Waals surface area contributed by atoms with Crippen molar-refractivity contribution in [2.75, 3.05) is 0 Å². The molecule has 0 amide bonds. The Bertz CT molecular complexity index is 1080. The van der Waals surface area contributed by atoms with E-state index in [2.05, 4.69) is 49.6 Å². The lowest BCUT2D eigenvalue weighted by atomic mass is 9.82. The molecule has 5 nitrogen and oxygen atoms in total. The summed E-state index contributed by atoms with van der Waals surface area (Å²) in [5, 5.41) is 16.1. The van der Waals surface area contributed by atoms with Gasteiger partial charge in [0.15, 0.2) is 0 Å². The first-order chi connectivity index (χ1) is 13.6. The molecule has 5 heteroatoms. The summed E-state index contributed by atoms with van der Waals surface area (Å²) in [6.07, 6.45) is 4.08. The fourth-order valence-corrected chi connectivity index (χ4v) is 4.14. The number of aliphatic hydroxyl groups excluding tert-OH is 1. The van der Waals surface area contributed by atoms with Gasteiger partial charge in [-0.2, -0.15) is 5.10 Å². The van der Waals surface area contributed by atoms with E-state index in [1.54, 1.807) is 0 Å². The number of rotatable bonds is 3. The van der Waals surface area contributed by atoms with Crippen LogP contribution in [-0.4, -0.2) is 31.9 Å². The zero-order chi connectivity index (χ0) is 21.1. The number of fused-ring (bicyclic) bond motifs is 5. The van der Waals surface area contributed by atoms with Crippen molar-refractivity contribution in [2.45, 2.75) is 53.3 Å². The topological polar surface area (TPSA) is 50.5 Å². The summed E-state index contributed by atoms with van der Waals surface area (Å²) < 4.78 is 8.12. The van der Waals surface area contributed by atoms with Crippen molar-refractivity contribution in [3.8, 4) is 5.75 Å². The second kappa shape index (κ2) is 6.55. The van der Waals surface area contributed by atoms with Crippen LogP contribution in [0.1, 0.15) is 40.3 Å². The van der Waals surface area contributed by atoms with Gasteiger partial charge < -0.3 is 14.7 Å². The number of aromatic nitrogens is 2. The number of hydrogen-bond acceptors (Lipinski definition) is 4. The molecule has 0 spiro atoms. The van der Waals surface area contributed by atoms with Gasteiger partial charge in [0, 0.05) is 17.2 Å². The summed E-state index contributed by atoms with van der Waals surface area (Å²) in [5.41, 5.74) is 4.37. The van der Waals surface area contributed by atoms with Crippen LogP contribution in [0.4, 0.5) is 0 Å². The first kappa shape index (κ1) is 19.4. The molecule has 1 aromatic carbocycles. The number of benzene rings is 1. The van der Waals surface area contributed by atoms with Crippen LogP contribution in [0.15, 0.2) is 60.5 Å². The van der Waals surface area contributed by atoms with Gasteiger partial charge in [-0.05, 0) is 37.0 Å². The highest BCUT2D eigenvalue weighted by Crippen LogP contribution is 2.44. The van der Waals surface area contributed by atoms with Gasteiger partial charge in [0.05, 0.1) is 30.1 Å². The van der Waals surface area contributed by atoms with Gasteiger partial charge in [0.25, 0.3) is 0 Å². The van der Waals surface area contributed by atoms with E-state index in [-0.39, 0.29) is 23.3 Å². The standard InChI is InChI=1S/C24H29N3O2/c1-14(2)29-20-10-8-9-17-22(20)25-27-13-21(24(5,6)7)26-12-18(16(4)28)15(3)11-19(26)23(17)27/h8-12,14,21,28H,3-4,13H2,1-2,5-7H3. The maximum atomic E-state index is 10.1. The average Bonchev–Trinajstić information content (AvgIpc) is 2.99. The molecule has 1 N–H and O–H groups in total. The van der Waals surface area contributed by atoms with Gasteiger partial charge in [-0.15, -0.1) is 0 Å².